The number of aryl methyl sites for hydroxylation is 1. The van der Waals surface area contributed by atoms with E-state index in [0.717, 1.165) is 27.3 Å². The second-order valence-electron chi connectivity index (χ2n) is 16.5. The van der Waals surface area contributed by atoms with E-state index in [2.05, 4.69) is 12.0 Å². The van der Waals surface area contributed by atoms with Crippen LogP contribution in [0.25, 0.3) is 12.2 Å². The molecule has 9 rings (SSSR count). The van der Waals surface area contributed by atoms with Crippen molar-refractivity contribution in [3.63, 3.8) is 0 Å². The zero-order chi connectivity index (χ0) is 43.3. The number of nitrogens with zero attached hydrogens (tertiary/aromatic N) is 2. The molecule has 2 saturated heterocycles. The van der Waals surface area contributed by atoms with Gasteiger partial charge in [0.25, 0.3) is 11.8 Å². The molecule has 2 heterocycles. The number of phenols is 1. The molecule has 0 bridgehead atoms. The van der Waals surface area contributed by atoms with Crippen LogP contribution in [-0.4, -0.2) is 48.0 Å². The number of carbonyl (C=O) groups is 4. The fourth-order valence-corrected chi connectivity index (χ4v) is 10.4. The standard InChI is InChI=1S/C52H47N3O7/c1-5-10-33-11-9-14-41(47(33)56)46-39-26-27-40-45(50(59)54(48(40)57)37-23-18-32(19-24-37)17-20-34-29-38(61-3)25-28-44(34)62-4)42(39)30-43-49(58)55(53-36-21-15-31(2)16-22-36)51(60)52(43,46)35-12-7-6-8-13-35/h5-9,11-26,28-29,40,42-43,45-46,53,56H,1,10,27,30H2,2-4H3. The number of hydrogen-bond acceptors (Lipinski definition) is 8. The molecule has 6 unspecified atom stereocenters. The highest BCUT2D eigenvalue weighted by molar-refractivity contribution is 6.22. The summed E-state index contributed by atoms with van der Waals surface area (Å²) in [6.07, 6.45) is 8.32. The summed E-state index contributed by atoms with van der Waals surface area (Å²) in [6.45, 7) is 5.86. The summed E-state index contributed by atoms with van der Waals surface area (Å²) in [5.41, 5.74) is 7.85. The molecule has 4 amide bonds. The van der Waals surface area contributed by atoms with Crippen molar-refractivity contribution >= 4 is 47.2 Å². The number of carbonyl (C=O) groups excluding carboxylic acids is 4. The molecule has 10 nitrogen and oxygen atoms in total. The Morgan fingerprint density at radius 2 is 1.58 bits per heavy atom. The van der Waals surface area contributed by atoms with Gasteiger partial charge in [0.05, 0.1) is 48.8 Å². The molecule has 312 valence electrons. The Morgan fingerprint density at radius 1 is 0.823 bits per heavy atom. The molecule has 62 heavy (non-hydrogen) atoms. The summed E-state index contributed by atoms with van der Waals surface area (Å²) in [7, 11) is 3.21. The molecule has 4 aliphatic rings. The zero-order valence-electron chi connectivity index (χ0n) is 34.8. The van der Waals surface area contributed by atoms with E-state index in [1.165, 1.54) is 4.90 Å². The highest BCUT2D eigenvalue weighted by Gasteiger charge is 2.70. The Kier molecular flexibility index (Phi) is 10.4. The van der Waals surface area contributed by atoms with Gasteiger partial charge in [-0.25, -0.2) is 0 Å². The number of methoxy groups -OCH3 is 2. The second kappa shape index (κ2) is 16.0. The molecular weight excluding hydrogens is 779 g/mol. The van der Waals surface area contributed by atoms with Crippen molar-refractivity contribution in [2.75, 3.05) is 24.5 Å². The van der Waals surface area contributed by atoms with Gasteiger partial charge in [0.2, 0.25) is 11.8 Å². The third kappa shape index (κ3) is 6.40. The molecule has 10 heteroatoms. The van der Waals surface area contributed by atoms with Gasteiger partial charge in [-0.2, -0.15) is 5.01 Å². The number of ether oxygens (including phenoxy) is 2. The van der Waals surface area contributed by atoms with Crippen molar-refractivity contribution in [1.82, 2.24) is 5.01 Å². The average molecular weight is 826 g/mol. The Balaban J connectivity index is 1.12. The van der Waals surface area contributed by atoms with Crippen LogP contribution in [0.3, 0.4) is 0 Å². The molecule has 2 N–H and O–H groups in total. The van der Waals surface area contributed by atoms with E-state index in [1.807, 2.05) is 128 Å². The van der Waals surface area contributed by atoms with Gasteiger partial charge in [-0.1, -0.05) is 108 Å². The smallest absolute Gasteiger partial charge is 0.260 e. The maximum Gasteiger partial charge on any atom is 0.260 e. The molecule has 2 aliphatic heterocycles. The monoisotopic (exact) mass is 825 g/mol. The summed E-state index contributed by atoms with van der Waals surface area (Å²) in [6, 6.07) is 35.0. The lowest BCUT2D eigenvalue weighted by atomic mass is 9.49. The van der Waals surface area contributed by atoms with Crippen LogP contribution in [0.4, 0.5) is 11.4 Å². The summed E-state index contributed by atoms with van der Waals surface area (Å²) < 4.78 is 10.9. The van der Waals surface area contributed by atoms with E-state index in [0.29, 0.717) is 46.0 Å². The first kappa shape index (κ1) is 40.2. The molecule has 0 spiro atoms. The maximum absolute atomic E-state index is 15.5. The number of imide groups is 2. The normalized spacial score (nSPS) is 24.1. The van der Waals surface area contributed by atoms with Gasteiger partial charge in [-0.15, -0.1) is 6.58 Å². The van der Waals surface area contributed by atoms with Crippen LogP contribution < -0.4 is 19.8 Å². The van der Waals surface area contributed by atoms with Gasteiger partial charge < -0.3 is 14.6 Å². The van der Waals surface area contributed by atoms with Gasteiger partial charge in [0.15, 0.2) is 0 Å². The third-order valence-electron chi connectivity index (χ3n) is 13.3. The van der Waals surface area contributed by atoms with E-state index in [1.54, 1.807) is 32.4 Å². The van der Waals surface area contributed by atoms with Crippen LogP contribution in [0.1, 0.15) is 52.1 Å². The number of allylic oxidation sites excluding steroid dienone is 3. The Labute approximate surface area is 360 Å². The van der Waals surface area contributed by atoms with Crippen LogP contribution in [0, 0.1) is 30.6 Å². The quantitative estimate of drug-likeness (QED) is 0.0770. The predicted molar refractivity (Wildman–Crippen MR) is 238 cm³/mol. The second-order valence-corrected chi connectivity index (χ2v) is 16.5. The molecule has 0 radical (unpaired) electrons. The minimum atomic E-state index is -1.50. The fraction of sp³-hybridized carbons (Fsp3) is 0.231. The van der Waals surface area contributed by atoms with Gasteiger partial charge in [0.1, 0.15) is 17.2 Å². The number of rotatable bonds is 11. The molecule has 5 aromatic rings. The van der Waals surface area contributed by atoms with Crippen molar-refractivity contribution in [3.05, 3.63) is 173 Å². The van der Waals surface area contributed by atoms with E-state index in [9.17, 15) is 14.7 Å². The largest absolute Gasteiger partial charge is 0.507 e. The van der Waals surface area contributed by atoms with Gasteiger partial charge >= 0.3 is 0 Å². The zero-order valence-corrected chi connectivity index (χ0v) is 34.8. The van der Waals surface area contributed by atoms with E-state index in [4.69, 9.17) is 9.47 Å². The van der Waals surface area contributed by atoms with Crippen molar-refractivity contribution in [1.29, 1.82) is 0 Å². The third-order valence-corrected chi connectivity index (χ3v) is 13.3. The van der Waals surface area contributed by atoms with Crippen LogP contribution in [0.5, 0.6) is 17.2 Å². The topological polar surface area (TPSA) is 125 Å². The number of benzene rings is 5. The Bertz CT molecular complexity index is 2670. The SMILES string of the molecule is C=CCc1cccc(C2C3=CCC4C(=O)N(c5ccc(C=Cc6cc(OC)ccc6OC)cc5)C(=O)C4C3CC3C(=O)N(Nc4ccc(C)cc4)C(=O)C32c2ccccc2)c1O. The molecule has 0 aromatic heterocycles. The number of aromatic hydroxyl groups is 1. The molecular formula is C52H47N3O7. The van der Waals surface area contributed by atoms with E-state index in [-0.39, 0.29) is 30.4 Å². The number of hydrogen-bond donors (Lipinski definition) is 2. The first-order chi connectivity index (χ1) is 30.1. The number of nitrogens with one attached hydrogen (secondary N) is 1. The number of phenolic OH excluding ortho intramolecular Hbond substituents is 1. The molecule has 5 aromatic carbocycles. The fourth-order valence-electron chi connectivity index (χ4n) is 10.4. The number of fused-ring (bicyclic) bond motifs is 4. The van der Waals surface area contributed by atoms with E-state index < -0.39 is 46.8 Å². The van der Waals surface area contributed by atoms with Crippen molar-refractivity contribution < 1.29 is 33.8 Å². The highest BCUT2D eigenvalue weighted by atomic mass is 16.5. The van der Waals surface area contributed by atoms with Crippen LogP contribution >= 0.6 is 0 Å². The Hall–Kier alpha value is -7.20. The van der Waals surface area contributed by atoms with Gasteiger partial charge in [0, 0.05) is 17.0 Å². The summed E-state index contributed by atoms with van der Waals surface area (Å²) in [4.78, 5) is 61.2. The minimum absolute atomic E-state index is 0.00904. The minimum Gasteiger partial charge on any atom is -0.507 e. The number of amides is 4. The number of hydrazine groups is 1. The summed E-state index contributed by atoms with van der Waals surface area (Å²) in [5, 5.41) is 13.3. The molecule has 2 aliphatic carbocycles. The first-order valence-electron chi connectivity index (χ1n) is 20.9. The Morgan fingerprint density at radius 3 is 2.29 bits per heavy atom. The van der Waals surface area contributed by atoms with Crippen molar-refractivity contribution in [3.8, 4) is 17.2 Å². The first-order valence-corrected chi connectivity index (χ1v) is 20.9. The molecule has 1 saturated carbocycles. The molecule has 6 atom stereocenters. The number of para-hydroxylation sites is 1. The number of anilines is 2. The summed E-state index contributed by atoms with van der Waals surface area (Å²) in [5.74, 6) is -3.99. The highest BCUT2D eigenvalue weighted by Crippen LogP contribution is 2.65. The predicted octanol–water partition coefficient (Wildman–Crippen LogP) is 8.81. The lowest BCUT2D eigenvalue weighted by Crippen LogP contribution is -2.53. The van der Waals surface area contributed by atoms with Crippen LogP contribution in [-0.2, 0) is 31.0 Å². The lowest BCUT2D eigenvalue weighted by molar-refractivity contribution is -0.138. The van der Waals surface area contributed by atoms with Crippen LogP contribution in [0.2, 0.25) is 0 Å². The summed E-state index contributed by atoms with van der Waals surface area (Å²) >= 11 is 0. The van der Waals surface area contributed by atoms with Crippen molar-refractivity contribution in [2.45, 2.75) is 37.5 Å². The lowest BCUT2D eigenvalue weighted by Gasteiger charge is -2.50. The molecule has 3 fully saturated rings. The van der Waals surface area contributed by atoms with Gasteiger partial charge in [-0.3, -0.25) is 29.5 Å². The van der Waals surface area contributed by atoms with Gasteiger partial charge in [-0.05, 0) is 91.3 Å². The van der Waals surface area contributed by atoms with Crippen molar-refractivity contribution in [2.24, 2.45) is 23.7 Å². The maximum atomic E-state index is 15.5. The average Bonchev–Trinajstić information content (AvgIpc) is 3.68. The van der Waals surface area contributed by atoms with E-state index >= 15 is 9.59 Å². The van der Waals surface area contributed by atoms with Crippen LogP contribution in [0.15, 0.2) is 140 Å².